The first-order valence-corrected chi connectivity index (χ1v) is 14.7. The molecule has 0 bridgehead atoms. The topological polar surface area (TPSA) is 65.1 Å². The van der Waals surface area contributed by atoms with Crippen molar-refractivity contribution in [2.24, 2.45) is 5.92 Å². The predicted molar refractivity (Wildman–Crippen MR) is 158 cm³/mol. The number of hydrogen-bond acceptors (Lipinski definition) is 5. The van der Waals surface area contributed by atoms with Gasteiger partial charge in [0.05, 0.1) is 11.3 Å². The Balaban J connectivity index is 1.51. The van der Waals surface area contributed by atoms with Gasteiger partial charge in [0.1, 0.15) is 11.4 Å². The number of rotatable bonds is 7. The van der Waals surface area contributed by atoms with Crippen LogP contribution in [0.15, 0.2) is 36.4 Å². The molecule has 2 aliphatic rings. The van der Waals surface area contributed by atoms with Gasteiger partial charge in [0.2, 0.25) is 0 Å². The van der Waals surface area contributed by atoms with Crippen LogP contribution in [0.1, 0.15) is 63.4 Å². The Morgan fingerprint density at radius 1 is 0.950 bits per heavy atom. The predicted octanol–water partition coefficient (Wildman–Crippen LogP) is 5.89. The van der Waals surface area contributed by atoms with Crippen molar-refractivity contribution in [3.63, 3.8) is 0 Å². The minimum Gasteiger partial charge on any atom is -0.444 e. The van der Waals surface area contributed by atoms with Crippen LogP contribution in [0.2, 0.25) is 0 Å². The van der Waals surface area contributed by atoms with Crippen LogP contribution >= 0.6 is 0 Å². The molecule has 2 fully saturated rings. The van der Waals surface area contributed by atoms with Gasteiger partial charge in [0.15, 0.2) is 0 Å². The summed E-state index contributed by atoms with van der Waals surface area (Å²) < 4.78 is 21.2. The van der Waals surface area contributed by atoms with E-state index in [4.69, 9.17) is 4.74 Å². The van der Waals surface area contributed by atoms with Crippen molar-refractivity contribution in [3.05, 3.63) is 53.3 Å². The summed E-state index contributed by atoms with van der Waals surface area (Å²) in [5.74, 6) is -0.520. The summed E-state index contributed by atoms with van der Waals surface area (Å²) in [7, 11) is 0. The molecule has 8 heteroatoms. The Morgan fingerprint density at radius 2 is 1.62 bits per heavy atom. The number of hydrogen-bond donors (Lipinski definition) is 1. The van der Waals surface area contributed by atoms with Crippen LogP contribution in [0.4, 0.5) is 14.9 Å². The van der Waals surface area contributed by atoms with Gasteiger partial charge in [0.25, 0.3) is 5.91 Å². The number of nitrogens with zero attached hydrogens (tertiary/aromatic N) is 3. The van der Waals surface area contributed by atoms with Gasteiger partial charge in [-0.3, -0.25) is 10.1 Å². The highest BCUT2D eigenvalue weighted by Gasteiger charge is 2.30. The number of likely N-dealkylation sites (tertiary alicyclic amines) is 1. The molecular weight excluding hydrogens is 507 g/mol. The monoisotopic (exact) mass is 552 g/mol. The van der Waals surface area contributed by atoms with Gasteiger partial charge in [-0.1, -0.05) is 38.1 Å². The molecule has 0 unspecified atom stereocenters. The Bertz CT molecular complexity index is 1180. The zero-order valence-corrected chi connectivity index (χ0v) is 24.8. The Labute approximate surface area is 238 Å². The van der Waals surface area contributed by atoms with Crippen LogP contribution in [0, 0.1) is 11.7 Å². The number of benzene rings is 2. The van der Waals surface area contributed by atoms with Crippen LogP contribution in [0.5, 0.6) is 0 Å². The van der Waals surface area contributed by atoms with E-state index in [9.17, 15) is 9.59 Å². The normalized spacial score (nSPS) is 17.6. The van der Waals surface area contributed by atoms with E-state index in [1.807, 2.05) is 24.3 Å². The summed E-state index contributed by atoms with van der Waals surface area (Å²) >= 11 is 0. The van der Waals surface area contributed by atoms with Gasteiger partial charge in [-0.25, -0.2) is 9.18 Å². The molecule has 0 spiro atoms. The lowest BCUT2D eigenvalue weighted by atomic mass is 9.94. The highest BCUT2D eigenvalue weighted by Crippen LogP contribution is 2.32. The van der Waals surface area contributed by atoms with Crippen molar-refractivity contribution in [2.45, 2.75) is 59.5 Å². The maximum Gasteiger partial charge on any atom is 0.412 e. The molecule has 40 heavy (non-hydrogen) atoms. The van der Waals surface area contributed by atoms with E-state index < -0.39 is 23.4 Å². The third kappa shape index (κ3) is 7.82. The quantitative estimate of drug-likeness (QED) is 0.464. The average molecular weight is 553 g/mol. The van der Waals surface area contributed by atoms with Crippen LogP contribution in [0.3, 0.4) is 0 Å². The van der Waals surface area contributed by atoms with Crippen molar-refractivity contribution >= 4 is 17.7 Å². The molecule has 2 aliphatic heterocycles. The van der Waals surface area contributed by atoms with Crippen molar-refractivity contribution in [1.29, 1.82) is 0 Å². The molecule has 4 rings (SSSR count). The zero-order valence-electron chi connectivity index (χ0n) is 24.8. The molecule has 1 N–H and O–H groups in total. The number of halogens is 1. The van der Waals surface area contributed by atoms with Gasteiger partial charge in [-0.2, -0.15) is 0 Å². The Kier molecular flexibility index (Phi) is 9.85. The summed E-state index contributed by atoms with van der Waals surface area (Å²) in [6.07, 6.45) is 1.90. The third-order valence-electron chi connectivity index (χ3n) is 7.94. The van der Waals surface area contributed by atoms with Gasteiger partial charge in [-0.05, 0) is 81.3 Å². The third-order valence-corrected chi connectivity index (χ3v) is 7.94. The molecule has 0 saturated carbocycles. The number of likely N-dealkylation sites (N-methyl/N-ethyl adjacent to an activating group) is 1. The summed E-state index contributed by atoms with van der Waals surface area (Å²) in [6, 6.07) is 10.9. The van der Waals surface area contributed by atoms with E-state index in [2.05, 4.69) is 29.0 Å². The van der Waals surface area contributed by atoms with Crippen LogP contribution < -0.4 is 5.32 Å². The fourth-order valence-corrected chi connectivity index (χ4v) is 5.60. The summed E-state index contributed by atoms with van der Waals surface area (Å²) in [5, 5.41) is 2.68. The fraction of sp³-hybridized carbons (Fsp3) is 0.562. The van der Waals surface area contributed by atoms with Crippen LogP contribution in [0.25, 0.3) is 11.1 Å². The number of piperazine rings is 1. The van der Waals surface area contributed by atoms with Crippen molar-refractivity contribution < 1.29 is 18.7 Å². The van der Waals surface area contributed by atoms with Crippen LogP contribution in [-0.4, -0.2) is 84.7 Å². The molecule has 0 radical (unpaired) electrons. The summed E-state index contributed by atoms with van der Waals surface area (Å²) in [5.41, 5.74) is 1.82. The van der Waals surface area contributed by atoms with Gasteiger partial charge in [0, 0.05) is 45.8 Å². The second-order valence-corrected chi connectivity index (χ2v) is 12.0. The molecular formula is C32H45FN4O3. The van der Waals surface area contributed by atoms with E-state index in [-0.39, 0.29) is 11.3 Å². The van der Waals surface area contributed by atoms with E-state index >= 15 is 4.39 Å². The van der Waals surface area contributed by atoms with Crippen LogP contribution in [-0.2, 0) is 11.2 Å². The number of carbonyl (C=O) groups is 2. The molecule has 2 amide bonds. The maximum atomic E-state index is 15.8. The summed E-state index contributed by atoms with van der Waals surface area (Å²) in [6.45, 7) is 17.2. The molecule has 218 valence electrons. The molecule has 2 heterocycles. The standard InChI is InChI=1S/C32H45FN4O3/c1-6-23-9-8-10-25(19-23)26-20-27(33)29(28(21-26)34-31(39)40-32(3,4)5)30(38)37-13-11-24(12-14-37)22-36-17-15-35(7-2)16-18-36/h8-10,19-21,24H,6-7,11-18,22H2,1-5H3,(H,34,39). The Hall–Kier alpha value is -2.97. The average Bonchev–Trinajstić information content (AvgIpc) is 2.92. The number of ether oxygens (including phenoxy) is 1. The number of carbonyl (C=O) groups excluding carboxylic acids is 2. The number of aryl methyl sites for hydroxylation is 1. The molecule has 2 aromatic carbocycles. The maximum absolute atomic E-state index is 15.8. The van der Waals surface area contributed by atoms with E-state index in [0.717, 1.165) is 69.7 Å². The van der Waals surface area contributed by atoms with Gasteiger partial charge < -0.3 is 19.4 Å². The largest absolute Gasteiger partial charge is 0.444 e. The van der Waals surface area contributed by atoms with Crippen molar-refractivity contribution in [2.75, 3.05) is 57.7 Å². The number of nitrogens with one attached hydrogen (secondary N) is 1. The van der Waals surface area contributed by atoms with Crippen molar-refractivity contribution in [1.82, 2.24) is 14.7 Å². The number of piperidine rings is 1. The molecule has 7 nitrogen and oxygen atoms in total. The lowest BCUT2D eigenvalue weighted by molar-refractivity contribution is 0.0632. The van der Waals surface area contributed by atoms with Gasteiger partial charge in [-0.15, -0.1) is 0 Å². The molecule has 0 aliphatic carbocycles. The highest BCUT2D eigenvalue weighted by molar-refractivity contribution is 6.04. The SMILES string of the molecule is CCc1cccc(-c2cc(F)c(C(=O)N3CCC(CN4CCN(CC)CC4)CC3)c(NC(=O)OC(C)(C)C)c2)c1. The second-order valence-electron chi connectivity index (χ2n) is 12.0. The Morgan fingerprint density at radius 3 is 2.25 bits per heavy atom. The number of amides is 2. The van der Waals surface area contributed by atoms with Crippen molar-refractivity contribution in [3.8, 4) is 11.1 Å². The van der Waals surface area contributed by atoms with E-state index in [1.54, 1.807) is 31.7 Å². The van der Waals surface area contributed by atoms with E-state index in [0.29, 0.717) is 24.6 Å². The zero-order chi connectivity index (χ0) is 28.9. The smallest absolute Gasteiger partial charge is 0.412 e. The highest BCUT2D eigenvalue weighted by atomic mass is 19.1. The van der Waals surface area contributed by atoms with E-state index in [1.165, 1.54) is 6.07 Å². The first-order chi connectivity index (χ1) is 19.1. The molecule has 0 atom stereocenters. The first-order valence-electron chi connectivity index (χ1n) is 14.7. The fourth-order valence-electron chi connectivity index (χ4n) is 5.60. The lowest BCUT2D eigenvalue weighted by Crippen LogP contribution is -2.49. The lowest BCUT2D eigenvalue weighted by Gasteiger charge is -2.38. The minimum atomic E-state index is -0.731. The first kappa shape index (κ1) is 30.0. The van der Waals surface area contributed by atoms with Gasteiger partial charge >= 0.3 is 6.09 Å². The minimum absolute atomic E-state index is 0.115. The molecule has 2 saturated heterocycles. The summed E-state index contributed by atoms with van der Waals surface area (Å²) in [4.78, 5) is 33.2. The number of anilines is 1. The molecule has 2 aromatic rings. The second kappa shape index (κ2) is 13.1. The molecule has 0 aromatic heterocycles.